The van der Waals surface area contributed by atoms with Gasteiger partial charge in [-0.3, -0.25) is 10.00 Å². The van der Waals surface area contributed by atoms with Gasteiger partial charge in [-0.15, -0.1) is 0 Å². The highest BCUT2D eigenvalue weighted by Crippen LogP contribution is 2.34. The zero-order valence-electron chi connectivity index (χ0n) is 12.9. The van der Waals surface area contributed by atoms with E-state index < -0.39 is 0 Å². The molecule has 1 N–H and O–H groups in total. The minimum Gasteiger partial charge on any atom is -0.303 e. The first-order chi connectivity index (χ1) is 9.17. The maximum atomic E-state index is 4.36. The van der Waals surface area contributed by atoms with Gasteiger partial charge in [-0.2, -0.15) is 5.10 Å². The number of hydrogen-bond acceptors (Lipinski definition) is 3. The smallest absolute Gasteiger partial charge is 0.0641 e. The van der Waals surface area contributed by atoms with Crippen LogP contribution >= 0.6 is 0 Å². The molecule has 0 saturated carbocycles. The Kier molecular flexibility index (Phi) is 4.99. The second kappa shape index (κ2) is 6.53. The highest BCUT2D eigenvalue weighted by atomic mass is 15.2. The minimum absolute atomic E-state index is 0.578. The van der Waals surface area contributed by atoms with E-state index in [4.69, 9.17) is 0 Å². The van der Waals surface area contributed by atoms with E-state index in [9.17, 15) is 0 Å². The molecule has 1 aromatic heterocycles. The van der Waals surface area contributed by atoms with Crippen molar-refractivity contribution in [2.24, 2.45) is 0 Å². The average molecular weight is 264 g/mol. The quantitative estimate of drug-likeness (QED) is 0.857. The van der Waals surface area contributed by atoms with Gasteiger partial charge in [0.2, 0.25) is 0 Å². The lowest BCUT2D eigenvalue weighted by Crippen LogP contribution is -2.35. The molecular weight excluding hydrogens is 236 g/mol. The summed E-state index contributed by atoms with van der Waals surface area (Å²) in [7, 11) is 0. The molecule has 0 aliphatic carbocycles. The highest BCUT2D eigenvalue weighted by molar-refractivity contribution is 5.28. The number of hydrogen-bond donors (Lipinski definition) is 1. The summed E-state index contributed by atoms with van der Waals surface area (Å²) in [4.78, 5) is 5.15. The normalized spacial score (nSPS) is 20.6. The van der Waals surface area contributed by atoms with E-state index in [0.717, 1.165) is 13.1 Å². The average Bonchev–Trinajstić information content (AvgIpc) is 2.98. The molecule has 4 heteroatoms. The standard InChI is InChI=1S/C15H28N4/c1-5-18(6-2)10-11-19-9-7-8-14(19)15-12(3)16-17-13(15)4/h14H,5-11H2,1-4H3,(H,16,17)/t14-/m1/s1. The van der Waals surface area contributed by atoms with E-state index in [0.29, 0.717) is 6.04 Å². The summed E-state index contributed by atoms with van der Waals surface area (Å²) >= 11 is 0. The molecule has 1 fully saturated rings. The van der Waals surface area contributed by atoms with Gasteiger partial charge in [0.05, 0.1) is 5.69 Å². The molecule has 2 heterocycles. The lowest BCUT2D eigenvalue weighted by Gasteiger charge is -2.28. The summed E-state index contributed by atoms with van der Waals surface area (Å²) < 4.78 is 0. The Morgan fingerprint density at radius 3 is 2.63 bits per heavy atom. The van der Waals surface area contributed by atoms with Crippen LogP contribution in [-0.4, -0.2) is 52.7 Å². The molecule has 4 nitrogen and oxygen atoms in total. The van der Waals surface area contributed by atoms with Crippen LogP contribution in [-0.2, 0) is 0 Å². The van der Waals surface area contributed by atoms with Gasteiger partial charge >= 0.3 is 0 Å². The summed E-state index contributed by atoms with van der Waals surface area (Å²) in [6.45, 7) is 14.7. The molecule has 0 bridgehead atoms. The monoisotopic (exact) mass is 264 g/mol. The Bertz CT molecular complexity index is 375. The van der Waals surface area contributed by atoms with E-state index in [-0.39, 0.29) is 0 Å². The van der Waals surface area contributed by atoms with Crippen molar-refractivity contribution in [3.63, 3.8) is 0 Å². The minimum atomic E-state index is 0.578. The zero-order valence-corrected chi connectivity index (χ0v) is 12.9. The second-order valence-electron chi connectivity index (χ2n) is 5.57. The predicted octanol–water partition coefficient (Wildman–Crippen LogP) is 2.51. The van der Waals surface area contributed by atoms with E-state index in [1.54, 1.807) is 0 Å². The van der Waals surface area contributed by atoms with Crippen molar-refractivity contribution in [1.29, 1.82) is 0 Å². The van der Waals surface area contributed by atoms with Crippen molar-refractivity contribution in [3.05, 3.63) is 17.0 Å². The van der Waals surface area contributed by atoms with Crippen LogP contribution in [0, 0.1) is 13.8 Å². The lowest BCUT2D eigenvalue weighted by molar-refractivity contribution is 0.202. The number of aromatic nitrogens is 2. The van der Waals surface area contributed by atoms with Crippen molar-refractivity contribution in [3.8, 4) is 0 Å². The van der Waals surface area contributed by atoms with Crippen molar-refractivity contribution < 1.29 is 0 Å². The number of nitrogens with one attached hydrogen (secondary N) is 1. The molecule has 0 spiro atoms. The molecule has 1 atom stereocenters. The summed E-state index contributed by atoms with van der Waals surface area (Å²) in [6.07, 6.45) is 2.59. The van der Waals surface area contributed by atoms with Gasteiger partial charge in [0, 0.05) is 30.4 Å². The highest BCUT2D eigenvalue weighted by Gasteiger charge is 2.29. The molecular formula is C15H28N4. The third-order valence-corrected chi connectivity index (χ3v) is 4.48. The van der Waals surface area contributed by atoms with Gasteiger partial charge < -0.3 is 4.90 Å². The summed E-state index contributed by atoms with van der Waals surface area (Å²) in [5.41, 5.74) is 3.87. The Morgan fingerprint density at radius 1 is 1.32 bits per heavy atom. The molecule has 1 aromatic rings. The van der Waals surface area contributed by atoms with Gasteiger partial charge in [-0.1, -0.05) is 13.8 Å². The molecule has 19 heavy (non-hydrogen) atoms. The molecule has 0 aromatic carbocycles. The zero-order chi connectivity index (χ0) is 13.8. The second-order valence-corrected chi connectivity index (χ2v) is 5.57. The van der Waals surface area contributed by atoms with Crippen LogP contribution in [0.4, 0.5) is 0 Å². The summed E-state index contributed by atoms with van der Waals surface area (Å²) in [5, 5.41) is 7.50. The van der Waals surface area contributed by atoms with Crippen LogP contribution in [0.5, 0.6) is 0 Å². The Labute approximate surface area is 117 Å². The van der Waals surface area contributed by atoms with E-state index in [1.807, 2.05) is 0 Å². The van der Waals surface area contributed by atoms with Crippen LogP contribution in [0.1, 0.15) is 49.7 Å². The molecule has 0 unspecified atom stereocenters. The molecule has 1 saturated heterocycles. The molecule has 2 rings (SSSR count). The largest absolute Gasteiger partial charge is 0.303 e. The topological polar surface area (TPSA) is 35.2 Å². The van der Waals surface area contributed by atoms with Crippen LogP contribution in [0.2, 0.25) is 0 Å². The van der Waals surface area contributed by atoms with Crippen molar-refractivity contribution >= 4 is 0 Å². The number of rotatable bonds is 6. The van der Waals surface area contributed by atoms with E-state index >= 15 is 0 Å². The van der Waals surface area contributed by atoms with Crippen LogP contribution in [0.3, 0.4) is 0 Å². The summed E-state index contributed by atoms with van der Waals surface area (Å²) in [6, 6.07) is 0.578. The van der Waals surface area contributed by atoms with Crippen LogP contribution in [0.15, 0.2) is 0 Å². The Morgan fingerprint density at radius 2 is 2.05 bits per heavy atom. The Hall–Kier alpha value is -0.870. The Balaban J connectivity index is 2.01. The van der Waals surface area contributed by atoms with Crippen LogP contribution in [0.25, 0.3) is 0 Å². The molecule has 1 aliphatic rings. The first-order valence-electron chi connectivity index (χ1n) is 7.65. The summed E-state index contributed by atoms with van der Waals surface area (Å²) in [5.74, 6) is 0. The molecule has 0 radical (unpaired) electrons. The maximum absolute atomic E-state index is 4.36. The first kappa shape index (κ1) is 14.5. The maximum Gasteiger partial charge on any atom is 0.0641 e. The third-order valence-electron chi connectivity index (χ3n) is 4.48. The van der Waals surface area contributed by atoms with Crippen molar-refractivity contribution in [2.75, 3.05) is 32.7 Å². The van der Waals surface area contributed by atoms with Crippen molar-refractivity contribution in [2.45, 2.75) is 46.6 Å². The first-order valence-corrected chi connectivity index (χ1v) is 7.65. The van der Waals surface area contributed by atoms with Crippen LogP contribution < -0.4 is 0 Å². The number of aromatic amines is 1. The van der Waals surface area contributed by atoms with Gasteiger partial charge in [0.15, 0.2) is 0 Å². The number of likely N-dealkylation sites (tertiary alicyclic amines) is 1. The lowest BCUT2D eigenvalue weighted by atomic mass is 10.0. The van der Waals surface area contributed by atoms with Crippen molar-refractivity contribution in [1.82, 2.24) is 20.0 Å². The SMILES string of the molecule is CCN(CC)CCN1CCC[C@@H]1c1c(C)n[nH]c1C. The molecule has 108 valence electrons. The van der Waals surface area contributed by atoms with Gasteiger partial charge in [-0.05, 0) is 46.3 Å². The molecule has 0 amide bonds. The van der Waals surface area contributed by atoms with Gasteiger partial charge in [-0.25, -0.2) is 0 Å². The number of nitrogens with zero attached hydrogens (tertiary/aromatic N) is 3. The van der Waals surface area contributed by atoms with E-state index in [1.165, 1.54) is 49.4 Å². The fourth-order valence-electron chi connectivity index (χ4n) is 3.28. The fraction of sp³-hybridized carbons (Fsp3) is 0.800. The third kappa shape index (κ3) is 3.18. The van der Waals surface area contributed by atoms with Gasteiger partial charge in [0.25, 0.3) is 0 Å². The number of aryl methyl sites for hydroxylation is 2. The molecule has 1 aliphatic heterocycles. The van der Waals surface area contributed by atoms with Gasteiger partial charge in [0.1, 0.15) is 0 Å². The van der Waals surface area contributed by atoms with E-state index in [2.05, 4.69) is 47.7 Å². The fourth-order valence-corrected chi connectivity index (χ4v) is 3.28. The number of likely N-dealkylation sites (N-methyl/N-ethyl adjacent to an activating group) is 1. The predicted molar refractivity (Wildman–Crippen MR) is 79.4 cm³/mol. The number of H-pyrrole nitrogens is 1.